The second kappa shape index (κ2) is 3.59. The molecule has 0 saturated heterocycles. The highest BCUT2D eigenvalue weighted by atomic mass is 14.6. The van der Waals surface area contributed by atoms with E-state index in [0.717, 1.165) is 12.5 Å². The first kappa shape index (κ1) is 10.3. The van der Waals surface area contributed by atoms with Crippen molar-refractivity contribution in [1.82, 2.24) is 0 Å². The highest BCUT2D eigenvalue weighted by molar-refractivity contribution is 5.39. The molecule has 2 aliphatic rings. The Hall–Kier alpha value is -0.820. The van der Waals surface area contributed by atoms with Crippen LogP contribution < -0.4 is 5.73 Å². The van der Waals surface area contributed by atoms with Crippen molar-refractivity contribution >= 4 is 0 Å². The second-order valence-corrected chi connectivity index (χ2v) is 5.73. The van der Waals surface area contributed by atoms with E-state index in [1.807, 2.05) is 0 Å². The Balaban J connectivity index is 1.99. The molecule has 2 aliphatic carbocycles. The predicted octanol–water partition coefficient (Wildman–Crippen LogP) is 2.80. The Morgan fingerprint density at radius 1 is 1.25 bits per heavy atom. The van der Waals surface area contributed by atoms with Crippen LogP contribution in [0.25, 0.3) is 0 Å². The molecule has 1 atom stereocenters. The van der Waals surface area contributed by atoms with Gasteiger partial charge in [-0.15, -0.1) is 0 Å². The zero-order valence-corrected chi connectivity index (χ0v) is 10.1. The van der Waals surface area contributed by atoms with E-state index in [1.165, 1.54) is 37.7 Å². The van der Waals surface area contributed by atoms with Crippen molar-refractivity contribution in [2.24, 2.45) is 11.7 Å². The van der Waals surface area contributed by atoms with Crippen LogP contribution in [0.15, 0.2) is 18.2 Å². The third-order valence-electron chi connectivity index (χ3n) is 4.66. The minimum absolute atomic E-state index is 0.234. The minimum atomic E-state index is 0.234. The molecular weight excluding hydrogens is 194 g/mol. The maximum absolute atomic E-state index is 6.03. The van der Waals surface area contributed by atoms with E-state index in [4.69, 9.17) is 5.73 Å². The molecule has 0 aliphatic heterocycles. The van der Waals surface area contributed by atoms with Gasteiger partial charge in [0.2, 0.25) is 0 Å². The lowest BCUT2D eigenvalue weighted by molar-refractivity contribution is 0.420. The van der Waals surface area contributed by atoms with Crippen LogP contribution >= 0.6 is 0 Å². The molecule has 1 saturated carbocycles. The summed E-state index contributed by atoms with van der Waals surface area (Å²) < 4.78 is 0. The first-order chi connectivity index (χ1) is 7.74. The van der Waals surface area contributed by atoms with Gasteiger partial charge in [-0.05, 0) is 54.7 Å². The van der Waals surface area contributed by atoms with Crippen LogP contribution in [-0.2, 0) is 18.3 Å². The van der Waals surface area contributed by atoms with Crippen molar-refractivity contribution in [3.05, 3.63) is 34.9 Å². The molecule has 1 heteroatoms. The molecular formula is C15H21N. The zero-order chi connectivity index (χ0) is 11.2. The van der Waals surface area contributed by atoms with Crippen LogP contribution in [-0.4, -0.2) is 6.54 Å². The van der Waals surface area contributed by atoms with Gasteiger partial charge in [0.05, 0.1) is 0 Å². The summed E-state index contributed by atoms with van der Waals surface area (Å²) in [5.74, 6) is 0.831. The smallest absolute Gasteiger partial charge is 0.00756 e. The zero-order valence-electron chi connectivity index (χ0n) is 10.1. The van der Waals surface area contributed by atoms with Crippen molar-refractivity contribution in [2.75, 3.05) is 6.54 Å². The Bertz CT molecular complexity index is 406. The normalized spacial score (nSPS) is 22.9. The van der Waals surface area contributed by atoms with Crippen LogP contribution in [0.3, 0.4) is 0 Å². The summed E-state index contributed by atoms with van der Waals surface area (Å²) in [6.45, 7) is 3.14. The lowest BCUT2D eigenvalue weighted by atomic mass is 9.77. The van der Waals surface area contributed by atoms with Crippen molar-refractivity contribution in [3.63, 3.8) is 0 Å². The molecule has 1 fully saturated rings. The molecule has 16 heavy (non-hydrogen) atoms. The Kier molecular flexibility index (Phi) is 2.32. The van der Waals surface area contributed by atoms with Gasteiger partial charge in [0.25, 0.3) is 0 Å². The average Bonchev–Trinajstić information content (AvgIpc) is 3.06. The fourth-order valence-electron chi connectivity index (χ4n) is 3.17. The van der Waals surface area contributed by atoms with Gasteiger partial charge in [0, 0.05) is 12.0 Å². The van der Waals surface area contributed by atoms with Crippen molar-refractivity contribution in [3.8, 4) is 0 Å². The van der Waals surface area contributed by atoms with Crippen LogP contribution in [0.1, 0.15) is 42.9 Å². The average molecular weight is 215 g/mol. The maximum atomic E-state index is 6.03. The van der Waals surface area contributed by atoms with Gasteiger partial charge in [-0.25, -0.2) is 0 Å². The number of hydrogen-bond acceptors (Lipinski definition) is 1. The first-order valence-electron chi connectivity index (χ1n) is 6.56. The van der Waals surface area contributed by atoms with E-state index >= 15 is 0 Å². The van der Waals surface area contributed by atoms with Gasteiger partial charge in [0.15, 0.2) is 0 Å². The lowest BCUT2D eigenvalue weighted by Gasteiger charge is -2.29. The minimum Gasteiger partial charge on any atom is -0.330 e. The number of benzene rings is 1. The van der Waals surface area contributed by atoms with Gasteiger partial charge in [-0.3, -0.25) is 0 Å². The van der Waals surface area contributed by atoms with Crippen molar-refractivity contribution < 1.29 is 0 Å². The topological polar surface area (TPSA) is 26.0 Å². The van der Waals surface area contributed by atoms with Gasteiger partial charge in [-0.1, -0.05) is 25.1 Å². The van der Waals surface area contributed by atoms with Gasteiger partial charge >= 0.3 is 0 Å². The number of fused-ring (bicyclic) bond motifs is 1. The van der Waals surface area contributed by atoms with Gasteiger partial charge in [-0.2, -0.15) is 0 Å². The molecule has 0 amide bonds. The standard InChI is InChI=1S/C15H21N/c1-15(10-16,13-7-8-13)14-6-5-11-3-2-4-12(11)9-14/h5-6,9,13H,2-4,7-8,10,16H2,1H3. The number of rotatable bonds is 3. The molecule has 1 aromatic rings. The molecule has 2 N–H and O–H groups in total. The van der Waals surface area contributed by atoms with E-state index in [0.29, 0.717) is 0 Å². The SMILES string of the molecule is CC(CN)(c1ccc2c(c1)CCC2)C1CC1. The molecule has 1 nitrogen and oxygen atoms in total. The van der Waals surface area contributed by atoms with E-state index in [2.05, 4.69) is 25.1 Å². The number of hydrogen-bond donors (Lipinski definition) is 1. The van der Waals surface area contributed by atoms with Crippen molar-refractivity contribution in [1.29, 1.82) is 0 Å². The molecule has 1 aromatic carbocycles. The molecule has 0 radical (unpaired) electrons. The maximum Gasteiger partial charge on any atom is 0.00756 e. The van der Waals surface area contributed by atoms with Crippen molar-refractivity contribution in [2.45, 2.75) is 44.4 Å². The van der Waals surface area contributed by atoms with E-state index < -0.39 is 0 Å². The number of aryl methyl sites for hydroxylation is 2. The molecule has 0 heterocycles. The van der Waals surface area contributed by atoms with Crippen LogP contribution in [0, 0.1) is 5.92 Å². The quantitative estimate of drug-likeness (QED) is 0.824. The number of nitrogens with two attached hydrogens (primary N) is 1. The van der Waals surface area contributed by atoms with E-state index in [9.17, 15) is 0 Å². The second-order valence-electron chi connectivity index (χ2n) is 5.73. The summed E-state index contributed by atoms with van der Waals surface area (Å²) >= 11 is 0. The Morgan fingerprint density at radius 2 is 2.00 bits per heavy atom. The van der Waals surface area contributed by atoms with E-state index in [1.54, 1.807) is 11.1 Å². The van der Waals surface area contributed by atoms with Gasteiger partial charge in [0.1, 0.15) is 0 Å². The third kappa shape index (κ3) is 1.49. The largest absolute Gasteiger partial charge is 0.330 e. The fourth-order valence-corrected chi connectivity index (χ4v) is 3.17. The first-order valence-corrected chi connectivity index (χ1v) is 6.56. The summed E-state index contributed by atoms with van der Waals surface area (Å²) in [5, 5.41) is 0. The van der Waals surface area contributed by atoms with E-state index in [-0.39, 0.29) is 5.41 Å². The summed E-state index contributed by atoms with van der Waals surface area (Å²) in [4.78, 5) is 0. The monoisotopic (exact) mass is 215 g/mol. The molecule has 3 rings (SSSR count). The fraction of sp³-hybridized carbons (Fsp3) is 0.600. The van der Waals surface area contributed by atoms with Gasteiger partial charge < -0.3 is 5.73 Å². The molecule has 0 bridgehead atoms. The lowest BCUT2D eigenvalue weighted by Crippen LogP contribution is -2.34. The summed E-state index contributed by atoms with van der Waals surface area (Å²) in [7, 11) is 0. The molecule has 1 unspecified atom stereocenters. The molecule has 0 aromatic heterocycles. The highest BCUT2D eigenvalue weighted by Crippen LogP contribution is 2.47. The van der Waals surface area contributed by atoms with Crippen LogP contribution in [0.5, 0.6) is 0 Å². The van der Waals surface area contributed by atoms with Crippen LogP contribution in [0.4, 0.5) is 0 Å². The summed E-state index contributed by atoms with van der Waals surface area (Å²) in [6.07, 6.45) is 6.62. The predicted molar refractivity (Wildman–Crippen MR) is 67.6 cm³/mol. The van der Waals surface area contributed by atoms with Crippen LogP contribution in [0.2, 0.25) is 0 Å². The Labute approximate surface area is 98.0 Å². The molecule has 0 spiro atoms. The third-order valence-corrected chi connectivity index (χ3v) is 4.66. The molecule has 86 valence electrons. The summed E-state index contributed by atoms with van der Waals surface area (Å²) in [6, 6.07) is 7.11. The highest BCUT2D eigenvalue weighted by Gasteiger charge is 2.41. The summed E-state index contributed by atoms with van der Waals surface area (Å²) in [5.41, 5.74) is 10.9. The Morgan fingerprint density at radius 3 is 2.69 bits per heavy atom.